The summed E-state index contributed by atoms with van der Waals surface area (Å²) < 4.78 is 0. The summed E-state index contributed by atoms with van der Waals surface area (Å²) in [6, 6.07) is 10.1. The molecule has 0 radical (unpaired) electrons. The van der Waals surface area contributed by atoms with E-state index >= 15 is 0 Å². The van der Waals surface area contributed by atoms with Crippen LogP contribution in [0, 0.1) is 6.92 Å². The summed E-state index contributed by atoms with van der Waals surface area (Å²) in [5.74, 6) is 0. The van der Waals surface area contributed by atoms with Crippen LogP contribution in [0.1, 0.15) is 5.56 Å². The van der Waals surface area contributed by atoms with Crippen LogP contribution in [-0.4, -0.2) is 0 Å². The molecule has 0 saturated heterocycles. The van der Waals surface area contributed by atoms with Crippen LogP contribution in [0.5, 0.6) is 0 Å². The van der Waals surface area contributed by atoms with Crippen LogP contribution in [0.2, 0.25) is 0 Å². The van der Waals surface area contributed by atoms with Crippen molar-refractivity contribution in [3.8, 4) is 0 Å². The summed E-state index contributed by atoms with van der Waals surface area (Å²) >= 11 is 0. The number of hydrogen-bond donors (Lipinski definition) is 0. The molecule has 0 aliphatic heterocycles. The fourth-order valence-corrected chi connectivity index (χ4v) is 0.700. The monoisotopic (exact) mass is 312 g/mol. The summed E-state index contributed by atoms with van der Waals surface area (Å²) in [7, 11) is 0. The summed E-state index contributed by atoms with van der Waals surface area (Å²) in [4.78, 5) is 0. The topological polar surface area (TPSA) is 0 Å². The van der Waals surface area contributed by atoms with E-state index in [0.717, 1.165) is 0 Å². The summed E-state index contributed by atoms with van der Waals surface area (Å²) in [6.07, 6.45) is 3.76. The minimum atomic E-state index is 0. The molecule has 0 unspecified atom stereocenters. The van der Waals surface area contributed by atoms with Crippen molar-refractivity contribution in [2.24, 2.45) is 0 Å². The third kappa shape index (κ3) is 2.89. The molecule has 1 aromatic rings. The normalized spacial score (nSPS) is 9.20. The van der Waals surface area contributed by atoms with Crippen LogP contribution >= 0.6 is 0 Å². The average molecular weight is 312 g/mol. The molecule has 1 aromatic carbocycles. The van der Waals surface area contributed by atoms with E-state index in [1.54, 1.807) is 6.08 Å². The molecule has 0 fully saturated rings. The maximum Gasteiger partial charge on any atom is 0 e. The zero-order chi connectivity index (χ0) is 6.53. The van der Waals surface area contributed by atoms with Gasteiger partial charge in [0, 0.05) is 21.1 Å². The first kappa shape index (κ1) is 9.52. The average Bonchev–Trinajstić information content (AvgIpc) is 1.91. The van der Waals surface area contributed by atoms with Crippen LogP contribution < -0.4 is 0 Å². The van der Waals surface area contributed by atoms with Gasteiger partial charge in [0.2, 0.25) is 0 Å². The standard InChI is InChI=1S/C9H9.Pt/c1-2-6-9-7-4-3-5-8-9;/h2-8H,1H2;/q-1;. The molecule has 1 heteroatoms. The SMILES string of the molecule is [CH2-]C=Cc1ccccc1.[Pt]. The third-order valence-corrected chi connectivity index (χ3v) is 1.11. The van der Waals surface area contributed by atoms with Crippen molar-refractivity contribution in [3.63, 3.8) is 0 Å². The third-order valence-electron chi connectivity index (χ3n) is 1.11. The van der Waals surface area contributed by atoms with Crippen LogP contribution in [0.4, 0.5) is 0 Å². The molecule has 0 atom stereocenters. The predicted molar refractivity (Wildman–Crippen MR) is 40.8 cm³/mol. The van der Waals surface area contributed by atoms with E-state index in [2.05, 4.69) is 6.92 Å². The Morgan fingerprint density at radius 2 is 1.70 bits per heavy atom. The van der Waals surface area contributed by atoms with E-state index in [1.165, 1.54) is 5.56 Å². The molecular formula is C9H9Pt-. The number of allylic oxidation sites excluding steroid dienone is 1. The van der Waals surface area contributed by atoms with Gasteiger partial charge in [0.15, 0.2) is 0 Å². The summed E-state index contributed by atoms with van der Waals surface area (Å²) in [5.41, 5.74) is 1.20. The first-order valence-corrected chi connectivity index (χ1v) is 2.94. The van der Waals surface area contributed by atoms with Gasteiger partial charge >= 0.3 is 0 Å². The van der Waals surface area contributed by atoms with Crippen molar-refractivity contribution in [2.45, 2.75) is 0 Å². The second-order valence-electron chi connectivity index (χ2n) is 1.81. The molecule has 0 aromatic heterocycles. The smallest absolute Gasteiger partial charge is 0 e. The van der Waals surface area contributed by atoms with Gasteiger partial charge in [-0.1, -0.05) is 30.3 Å². The van der Waals surface area contributed by atoms with Crippen molar-refractivity contribution in [2.75, 3.05) is 0 Å². The van der Waals surface area contributed by atoms with Crippen LogP contribution in [0.15, 0.2) is 36.4 Å². The van der Waals surface area contributed by atoms with Crippen LogP contribution in [-0.2, 0) is 21.1 Å². The molecule has 0 aliphatic rings. The van der Waals surface area contributed by atoms with Gasteiger partial charge in [-0.15, -0.1) is 5.56 Å². The Labute approximate surface area is 76.2 Å². The van der Waals surface area contributed by atoms with Gasteiger partial charge in [-0.25, -0.2) is 19.1 Å². The van der Waals surface area contributed by atoms with E-state index in [-0.39, 0.29) is 21.1 Å². The van der Waals surface area contributed by atoms with Gasteiger partial charge in [0.1, 0.15) is 0 Å². The molecule has 0 N–H and O–H groups in total. The second kappa shape index (κ2) is 5.31. The number of hydrogen-bond acceptors (Lipinski definition) is 0. The van der Waals surface area contributed by atoms with Crippen LogP contribution in [0.25, 0.3) is 6.08 Å². The molecule has 0 spiro atoms. The van der Waals surface area contributed by atoms with Crippen molar-refractivity contribution in [1.29, 1.82) is 0 Å². The van der Waals surface area contributed by atoms with Crippen molar-refractivity contribution >= 4 is 6.08 Å². The fourth-order valence-electron chi connectivity index (χ4n) is 0.700. The van der Waals surface area contributed by atoms with E-state index in [9.17, 15) is 0 Å². The molecule has 0 heterocycles. The quantitative estimate of drug-likeness (QED) is 0.699. The van der Waals surface area contributed by atoms with Crippen molar-refractivity contribution < 1.29 is 21.1 Å². The predicted octanol–water partition coefficient (Wildman–Crippen LogP) is 2.53. The minimum Gasteiger partial charge on any atom is -0.245 e. The van der Waals surface area contributed by atoms with E-state index in [0.29, 0.717) is 0 Å². The van der Waals surface area contributed by atoms with Crippen molar-refractivity contribution in [3.05, 3.63) is 48.9 Å². The summed E-state index contributed by atoms with van der Waals surface area (Å²) in [5, 5.41) is 0. The van der Waals surface area contributed by atoms with Gasteiger partial charge in [0.25, 0.3) is 0 Å². The van der Waals surface area contributed by atoms with Crippen LogP contribution in [0.3, 0.4) is 0 Å². The van der Waals surface area contributed by atoms with Gasteiger partial charge < -0.3 is 0 Å². The largest absolute Gasteiger partial charge is 0.245 e. The fraction of sp³-hybridized carbons (Fsp3) is 0. The second-order valence-corrected chi connectivity index (χ2v) is 1.81. The van der Waals surface area contributed by atoms with Gasteiger partial charge in [0.05, 0.1) is 0 Å². The Morgan fingerprint density at radius 1 is 1.10 bits per heavy atom. The Balaban J connectivity index is 0.000000810. The minimum absolute atomic E-state index is 0. The number of benzene rings is 1. The zero-order valence-corrected chi connectivity index (χ0v) is 7.84. The van der Waals surface area contributed by atoms with Crippen molar-refractivity contribution in [1.82, 2.24) is 0 Å². The molecule has 0 nitrogen and oxygen atoms in total. The molecule has 10 heavy (non-hydrogen) atoms. The molecular weight excluding hydrogens is 303 g/mol. The Bertz CT molecular complexity index is 189. The van der Waals surface area contributed by atoms with E-state index < -0.39 is 0 Å². The molecule has 0 saturated carbocycles. The molecule has 0 amide bonds. The van der Waals surface area contributed by atoms with Gasteiger partial charge in [-0.3, -0.25) is 0 Å². The van der Waals surface area contributed by atoms with E-state index in [1.807, 2.05) is 36.4 Å². The molecule has 56 valence electrons. The van der Waals surface area contributed by atoms with E-state index in [4.69, 9.17) is 0 Å². The Kier molecular flexibility index (Phi) is 5.06. The number of rotatable bonds is 1. The van der Waals surface area contributed by atoms with Gasteiger partial charge in [-0.05, 0) is 0 Å². The van der Waals surface area contributed by atoms with Gasteiger partial charge in [-0.2, -0.15) is 0 Å². The Hall–Kier alpha value is -0.482. The first-order chi connectivity index (χ1) is 4.43. The summed E-state index contributed by atoms with van der Waals surface area (Å²) in [6.45, 7) is 3.60. The molecule has 0 aliphatic carbocycles. The Morgan fingerprint density at radius 3 is 2.20 bits per heavy atom. The molecule has 0 bridgehead atoms. The maximum absolute atomic E-state index is 3.60. The first-order valence-electron chi connectivity index (χ1n) is 2.94. The maximum atomic E-state index is 3.60. The molecule has 1 rings (SSSR count). The zero-order valence-electron chi connectivity index (χ0n) is 5.56.